The Bertz CT molecular complexity index is 586. The summed E-state index contributed by atoms with van der Waals surface area (Å²) in [7, 11) is 0. The summed E-state index contributed by atoms with van der Waals surface area (Å²) in [6, 6.07) is 6.34. The number of amides is 2. The number of rotatable bonds is 2. The van der Waals surface area contributed by atoms with Crippen LogP contribution in [0.2, 0.25) is 0 Å². The molecular weight excluding hydrogens is 232 g/mol. The zero-order chi connectivity index (χ0) is 12.7. The van der Waals surface area contributed by atoms with Gasteiger partial charge in [0.15, 0.2) is 0 Å². The van der Waals surface area contributed by atoms with Crippen LogP contribution in [0.4, 0.5) is 0 Å². The molecule has 1 N–H and O–H groups in total. The highest BCUT2D eigenvalue weighted by atomic mass is 16.2. The molecule has 1 aliphatic heterocycles. The number of carbonyl (C=O) groups excluding carboxylic acids is 2. The smallest absolute Gasteiger partial charge is 0.262 e. The maximum atomic E-state index is 12.2. The number of nitrogens with one attached hydrogen (secondary N) is 1. The number of carbonyl (C=O) groups is 2. The standard InChI is InChI=1S/C12H10N4O2/c1-7(10-13-6-14-15-10)16-11(17)8-4-2-3-5-9(8)12(16)18/h2-7H,1H3,(H,13,14,15). The lowest BCUT2D eigenvalue weighted by molar-refractivity contribution is 0.0589. The molecule has 0 spiro atoms. The summed E-state index contributed by atoms with van der Waals surface area (Å²) < 4.78 is 0. The summed E-state index contributed by atoms with van der Waals surface area (Å²) in [5.41, 5.74) is 0.878. The van der Waals surface area contributed by atoms with Gasteiger partial charge >= 0.3 is 0 Å². The monoisotopic (exact) mass is 242 g/mol. The van der Waals surface area contributed by atoms with Gasteiger partial charge in [0.25, 0.3) is 11.8 Å². The lowest BCUT2D eigenvalue weighted by Crippen LogP contribution is -2.33. The molecule has 0 aliphatic carbocycles. The first-order valence-corrected chi connectivity index (χ1v) is 5.52. The normalized spacial score (nSPS) is 15.9. The Hall–Kier alpha value is -2.50. The summed E-state index contributed by atoms with van der Waals surface area (Å²) in [5, 5.41) is 6.40. The maximum absolute atomic E-state index is 12.2. The van der Waals surface area contributed by atoms with Gasteiger partial charge in [0.05, 0.1) is 17.2 Å². The summed E-state index contributed by atoms with van der Waals surface area (Å²) in [6.45, 7) is 1.74. The van der Waals surface area contributed by atoms with Crippen molar-refractivity contribution in [3.63, 3.8) is 0 Å². The van der Waals surface area contributed by atoms with Crippen LogP contribution in [-0.2, 0) is 0 Å². The van der Waals surface area contributed by atoms with E-state index in [1.807, 2.05) is 0 Å². The van der Waals surface area contributed by atoms with Crippen LogP contribution in [0.3, 0.4) is 0 Å². The number of aromatic nitrogens is 3. The molecule has 1 aliphatic rings. The quantitative estimate of drug-likeness (QED) is 0.801. The molecule has 1 aromatic heterocycles. The molecule has 1 unspecified atom stereocenters. The minimum Gasteiger partial charge on any atom is -0.269 e. The highest BCUT2D eigenvalue weighted by molar-refractivity contribution is 6.21. The molecule has 90 valence electrons. The second-order valence-electron chi connectivity index (χ2n) is 4.07. The molecule has 6 nitrogen and oxygen atoms in total. The number of hydrogen-bond acceptors (Lipinski definition) is 4. The first-order valence-electron chi connectivity index (χ1n) is 5.52. The Kier molecular flexibility index (Phi) is 2.22. The van der Waals surface area contributed by atoms with Crippen molar-refractivity contribution < 1.29 is 9.59 Å². The summed E-state index contributed by atoms with van der Waals surface area (Å²) >= 11 is 0. The fourth-order valence-electron chi connectivity index (χ4n) is 2.10. The predicted molar refractivity (Wildman–Crippen MR) is 61.7 cm³/mol. The van der Waals surface area contributed by atoms with E-state index in [-0.39, 0.29) is 11.8 Å². The molecule has 0 radical (unpaired) electrons. The SMILES string of the molecule is CC(c1ncn[nH]1)N1C(=O)c2ccccc2C1=O. The van der Waals surface area contributed by atoms with Crippen LogP contribution in [0, 0.1) is 0 Å². The van der Waals surface area contributed by atoms with Gasteiger partial charge in [0.1, 0.15) is 12.2 Å². The van der Waals surface area contributed by atoms with Crippen LogP contribution < -0.4 is 0 Å². The fraction of sp³-hybridized carbons (Fsp3) is 0.167. The van der Waals surface area contributed by atoms with Crippen molar-refractivity contribution >= 4 is 11.8 Å². The highest BCUT2D eigenvalue weighted by Gasteiger charge is 2.39. The van der Waals surface area contributed by atoms with Gasteiger partial charge < -0.3 is 0 Å². The van der Waals surface area contributed by atoms with E-state index >= 15 is 0 Å². The molecule has 3 rings (SSSR count). The number of imide groups is 1. The average molecular weight is 242 g/mol. The van der Waals surface area contributed by atoms with E-state index in [4.69, 9.17) is 0 Å². The number of fused-ring (bicyclic) bond motifs is 1. The maximum Gasteiger partial charge on any atom is 0.262 e. The Morgan fingerprint density at radius 3 is 2.28 bits per heavy atom. The minimum atomic E-state index is -0.458. The molecule has 2 aromatic rings. The van der Waals surface area contributed by atoms with Crippen molar-refractivity contribution in [3.8, 4) is 0 Å². The van der Waals surface area contributed by atoms with E-state index in [1.165, 1.54) is 11.2 Å². The van der Waals surface area contributed by atoms with Crippen molar-refractivity contribution in [1.29, 1.82) is 0 Å². The Balaban J connectivity index is 2.02. The lowest BCUT2D eigenvalue weighted by Gasteiger charge is -2.19. The summed E-state index contributed by atoms with van der Waals surface area (Å²) in [4.78, 5) is 29.6. The molecule has 18 heavy (non-hydrogen) atoms. The molecule has 1 atom stereocenters. The largest absolute Gasteiger partial charge is 0.269 e. The van der Waals surface area contributed by atoms with E-state index in [0.717, 1.165) is 0 Å². The minimum absolute atomic E-state index is 0.292. The average Bonchev–Trinajstić information content (AvgIpc) is 2.99. The van der Waals surface area contributed by atoms with Crippen LogP contribution in [0.15, 0.2) is 30.6 Å². The molecule has 0 bridgehead atoms. The zero-order valence-electron chi connectivity index (χ0n) is 9.62. The third-order valence-electron chi connectivity index (χ3n) is 3.04. The number of benzene rings is 1. The molecule has 0 fully saturated rings. The molecule has 0 saturated carbocycles. The van der Waals surface area contributed by atoms with Gasteiger partial charge in [0, 0.05) is 0 Å². The number of aromatic amines is 1. The van der Waals surface area contributed by atoms with E-state index in [2.05, 4.69) is 15.2 Å². The number of nitrogens with zero attached hydrogens (tertiary/aromatic N) is 3. The van der Waals surface area contributed by atoms with Crippen LogP contribution in [-0.4, -0.2) is 31.9 Å². The van der Waals surface area contributed by atoms with Gasteiger partial charge in [0.2, 0.25) is 0 Å². The van der Waals surface area contributed by atoms with E-state index < -0.39 is 6.04 Å². The van der Waals surface area contributed by atoms with Gasteiger partial charge in [-0.3, -0.25) is 19.6 Å². The molecule has 1 aromatic carbocycles. The van der Waals surface area contributed by atoms with Crippen LogP contribution in [0.25, 0.3) is 0 Å². The molecular formula is C12H10N4O2. The topological polar surface area (TPSA) is 79.0 Å². The number of hydrogen-bond donors (Lipinski definition) is 1. The highest BCUT2D eigenvalue weighted by Crippen LogP contribution is 2.29. The van der Waals surface area contributed by atoms with Crippen LogP contribution >= 0.6 is 0 Å². The van der Waals surface area contributed by atoms with Crippen molar-refractivity contribution in [2.75, 3.05) is 0 Å². The van der Waals surface area contributed by atoms with E-state index in [9.17, 15) is 9.59 Å². The third-order valence-corrected chi connectivity index (χ3v) is 3.04. The van der Waals surface area contributed by atoms with E-state index in [1.54, 1.807) is 31.2 Å². The van der Waals surface area contributed by atoms with Gasteiger partial charge in [-0.15, -0.1) is 0 Å². The molecule has 6 heteroatoms. The second-order valence-corrected chi connectivity index (χ2v) is 4.07. The van der Waals surface area contributed by atoms with Crippen LogP contribution in [0.5, 0.6) is 0 Å². The lowest BCUT2D eigenvalue weighted by atomic mass is 10.1. The Labute approximate surface area is 103 Å². The van der Waals surface area contributed by atoms with Crippen molar-refractivity contribution in [2.45, 2.75) is 13.0 Å². The Morgan fingerprint density at radius 2 is 1.78 bits per heavy atom. The van der Waals surface area contributed by atoms with Crippen molar-refractivity contribution in [2.24, 2.45) is 0 Å². The molecule has 2 amide bonds. The van der Waals surface area contributed by atoms with Crippen molar-refractivity contribution in [1.82, 2.24) is 20.1 Å². The summed E-state index contributed by atoms with van der Waals surface area (Å²) in [6.07, 6.45) is 1.35. The fourth-order valence-corrected chi connectivity index (χ4v) is 2.10. The summed E-state index contributed by atoms with van der Waals surface area (Å²) in [5.74, 6) is -0.0940. The third kappa shape index (κ3) is 1.35. The van der Waals surface area contributed by atoms with Crippen molar-refractivity contribution in [3.05, 3.63) is 47.5 Å². The van der Waals surface area contributed by atoms with Gasteiger partial charge in [-0.2, -0.15) is 5.10 Å². The first-order chi connectivity index (χ1) is 8.70. The van der Waals surface area contributed by atoms with E-state index in [0.29, 0.717) is 17.0 Å². The van der Waals surface area contributed by atoms with Gasteiger partial charge in [-0.1, -0.05) is 12.1 Å². The first kappa shape index (κ1) is 10.6. The second kappa shape index (κ2) is 3.76. The Morgan fingerprint density at radius 1 is 1.17 bits per heavy atom. The zero-order valence-corrected chi connectivity index (χ0v) is 9.62. The number of H-pyrrole nitrogens is 1. The van der Waals surface area contributed by atoms with Gasteiger partial charge in [-0.25, -0.2) is 4.98 Å². The van der Waals surface area contributed by atoms with Crippen LogP contribution in [0.1, 0.15) is 39.5 Å². The predicted octanol–water partition coefficient (Wildman–Crippen LogP) is 1.16. The van der Waals surface area contributed by atoms with Gasteiger partial charge in [-0.05, 0) is 19.1 Å². The molecule has 0 saturated heterocycles. The molecule has 2 heterocycles.